The highest BCUT2D eigenvalue weighted by molar-refractivity contribution is 5.35. The van der Waals surface area contributed by atoms with E-state index in [2.05, 4.69) is 11.1 Å². The SMILES string of the molecule is COc1cccc(-n2cccc2C#N)n1. The summed E-state index contributed by atoms with van der Waals surface area (Å²) in [5.74, 6) is 1.21. The van der Waals surface area contributed by atoms with Gasteiger partial charge in [0.05, 0.1) is 7.11 Å². The Morgan fingerprint density at radius 1 is 1.33 bits per heavy atom. The smallest absolute Gasteiger partial charge is 0.214 e. The molecule has 0 N–H and O–H groups in total. The van der Waals surface area contributed by atoms with Crippen molar-refractivity contribution in [3.8, 4) is 17.8 Å². The topological polar surface area (TPSA) is 50.8 Å². The molecule has 0 fully saturated rings. The first kappa shape index (κ1) is 9.28. The Kier molecular flexibility index (Phi) is 2.38. The third kappa shape index (κ3) is 1.67. The minimum absolute atomic E-state index is 0.532. The van der Waals surface area contributed by atoms with Gasteiger partial charge >= 0.3 is 0 Å². The van der Waals surface area contributed by atoms with Crippen LogP contribution in [-0.2, 0) is 0 Å². The number of ether oxygens (including phenoxy) is 1. The number of hydrogen-bond acceptors (Lipinski definition) is 3. The minimum Gasteiger partial charge on any atom is -0.481 e. The Balaban J connectivity index is 2.50. The van der Waals surface area contributed by atoms with E-state index in [1.165, 1.54) is 0 Å². The maximum atomic E-state index is 8.87. The highest BCUT2D eigenvalue weighted by atomic mass is 16.5. The molecule has 2 aromatic heterocycles. The van der Waals surface area contributed by atoms with Crippen LogP contribution in [0.5, 0.6) is 5.88 Å². The molecule has 0 aliphatic carbocycles. The molecule has 2 heterocycles. The van der Waals surface area contributed by atoms with Crippen LogP contribution in [0.2, 0.25) is 0 Å². The summed E-state index contributed by atoms with van der Waals surface area (Å²) in [6.07, 6.45) is 1.79. The number of hydrogen-bond donors (Lipinski definition) is 0. The standard InChI is InChI=1S/C11H9N3O/c1-15-11-6-2-5-10(13-11)14-7-3-4-9(14)8-12/h2-7H,1H3. The minimum atomic E-state index is 0.532. The van der Waals surface area contributed by atoms with Crippen molar-refractivity contribution in [1.82, 2.24) is 9.55 Å². The first-order valence-corrected chi connectivity index (χ1v) is 4.44. The van der Waals surface area contributed by atoms with Crippen molar-refractivity contribution in [3.63, 3.8) is 0 Å². The second-order valence-electron chi connectivity index (χ2n) is 2.91. The summed E-state index contributed by atoms with van der Waals surface area (Å²) in [4.78, 5) is 4.23. The Labute approximate surface area is 87.4 Å². The van der Waals surface area contributed by atoms with Crippen molar-refractivity contribution < 1.29 is 4.74 Å². The molecule has 0 radical (unpaired) electrons. The molecule has 4 nitrogen and oxygen atoms in total. The number of pyridine rings is 1. The third-order valence-electron chi connectivity index (χ3n) is 2.03. The van der Waals surface area contributed by atoms with Crippen molar-refractivity contribution in [2.45, 2.75) is 0 Å². The van der Waals surface area contributed by atoms with Gasteiger partial charge < -0.3 is 4.74 Å². The average molecular weight is 199 g/mol. The van der Waals surface area contributed by atoms with Gasteiger partial charge in [0.2, 0.25) is 5.88 Å². The fourth-order valence-electron chi connectivity index (χ4n) is 1.32. The molecule has 0 aliphatic heterocycles. The normalized spacial score (nSPS) is 9.60. The highest BCUT2D eigenvalue weighted by Crippen LogP contribution is 2.13. The summed E-state index contributed by atoms with van der Waals surface area (Å²) >= 11 is 0. The zero-order valence-electron chi connectivity index (χ0n) is 8.21. The molecule has 0 amide bonds. The largest absolute Gasteiger partial charge is 0.481 e. The molecule has 2 rings (SSSR count). The lowest BCUT2D eigenvalue weighted by molar-refractivity contribution is 0.397. The first-order chi connectivity index (χ1) is 7.35. The number of nitriles is 1. The summed E-state index contributed by atoms with van der Waals surface area (Å²) in [6.45, 7) is 0. The van der Waals surface area contributed by atoms with Crippen LogP contribution in [0.1, 0.15) is 5.69 Å². The average Bonchev–Trinajstić information content (AvgIpc) is 2.77. The lowest BCUT2D eigenvalue weighted by Gasteiger charge is -2.05. The molecule has 0 aromatic carbocycles. The molecule has 15 heavy (non-hydrogen) atoms. The van der Waals surface area contributed by atoms with Crippen molar-refractivity contribution in [3.05, 3.63) is 42.2 Å². The number of rotatable bonds is 2. The van der Waals surface area contributed by atoms with Gasteiger partial charge in [-0.3, -0.25) is 4.57 Å². The van der Waals surface area contributed by atoms with Crippen LogP contribution in [0.25, 0.3) is 5.82 Å². The van der Waals surface area contributed by atoms with Crippen molar-refractivity contribution in [2.24, 2.45) is 0 Å². The van der Waals surface area contributed by atoms with E-state index in [9.17, 15) is 0 Å². The van der Waals surface area contributed by atoms with Crippen LogP contribution in [0.4, 0.5) is 0 Å². The van der Waals surface area contributed by atoms with Gasteiger partial charge in [0.25, 0.3) is 0 Å². The van der Waals surface area contributed by atoms with Crippen molar-refractivity contribution in [2.75, 3.05) is 7.11 Å². The predicted molar refractivity (Wildman–Crippen MR) is 54.8 cm³/mol. The molecule has 0 spiro atoms. The fraction of sp³-hybridized carbons (Fsp3) is 0.0909. The fourth-order valence-corrected chi connectivity index (χ4v) is 1.32. The Bertz CT molecular complexity index is 511. The molecule has 0 aliphatic rings. The van der Waals surface area contributed by atoms with Gasteiger partial charge in [0.15, 0.2) is 0 Å². The van der Waals surface area contributed by atoms with E-state index in [1.807, 2.05) is 12.1 Å². The van der Waals surface area contributed by atoms with E-state index in [0.29, 0.717) is 17.4 Å². The summed E-state index contributed by atoms with van der Waals surface area (Å²) in [5, 5.41) is 8.87. The van der Waals surface area contributed by atoms with Crippen LogP contribution in [0, 0.1) is 11.3 Å². The molecular formula is C11H9N3O. The van der Waals surface area contributed by atoms with Gasteiger partial charge in [-0.25, -0.2) is 0 Å². The van der Waals surface area contributed by atoms with Crippen LogP contribution in [-0.4, -0.2) is 16.7 Å². The molecule has 0 bridgehead atoms. The second-order valence-corrected chi connectivity index (χ2v) is 2.91. The van der Waals surface area contributed by atoms with Crippen LogP contribution in [0.3, 0.4) is 0 Å². The Morgan fingerprint density at radius 2 is 2.20 bits per heavy atom. The Morgan fingerprint density at radius 3 is 2.93 bits per heavy atom. The summed E-state index contributed by atoms with van der Waals surface area (Å²) in [6, 6.07) is 11.1. The van der Waals surface area contributed by atoms with Gasteiger partial charge in [-0.05, 0) is 18.2 Å². The zero-order valence-corrected chi connectivity index (χ0v) is 8.21. The molecule has 0 saturated heterocycles. The van der Waals surface area contributed by atoms with Gasteiger partial charge in [-0.15, -0.1) is 0 Å². The summed E-state index contributed by atoms with van der Waals surface area (Å²) < 4.78 is 6.73. The Hall–Kier alpha value is -2.28. The molecule has 2 aromatic rings. The van der Waals surface area contributed by atoms with Gasteiger partial charge in [-0.2, -0.15) is 10.2 Å². The molecule has 74 valence electrons. The quantitative estimate of drug-likeness (QED) is 0.740. The van der Waals surface area contributed by atoms with Crippen LogP contribution < -0.4 is 4.74 Å². The first-order valence-electron chi connectivity index (χ1n) is 4.44. The molecule has 0 saturated carbocycles. The lowest BCUT2D eigenvalue weighted by atomic mass is 10.4. The van der Waals surface area contributed by atoms with E-state index in [-0.39, 0.29) is 0 Å². The summed E-state index contributed by atoms with van der Waals surface area (Å²) in [5.41, 5.74) is 0.552. The monoisotopic (exact) mass is 199 g/mol. The van der Waals surface area contributed by atoms with Gasteiger partial charge in [-0.1, -0.05) is 6.07 Å². The van der Waals surface area contributed by atoms with Crippen molar-refractivity contribution >= 4 is 0 Å². The number of nitrogens with zero attached hydrogens (tertiary/aromatic N) is 3. The maximum Gasteiger partial charge on any atom is 0.214 e. The molecule has 4 heteroatoms. The zero-order chi connectivity index (χ0) is 10.7. The lowest BCUT2D eigenvalue weighted by Crippen LogP contribution is -1.99. The maximum absolute atomic E-state index is 8.87. The van der Waals surface area contributed by atoms with E-state index < -0.39 is 0 Å². The molecule has 0 unspecified atom stereocenters. The van der Waals surface area contributed by atoms with E-state index in [0.717, 1.165) is 0 Å². The van der Waals surface area contributed by atoms with Crippen LogP contribution >= 0.6 is 0 Å². The highest BCUT2D eigenvalue weighted by Gasteiger charge is 2.03. The van der Waals surface area contributed by atoms with Crippen molar-refractivity contribution in [1.29, 1.82) is 5.26 Å². The van der Waals surface area contributed by atoms with Crippen LogP contribution in [0.15, 0.2) is 36.5 Å². The number of aromatic nitrogens is 2. The summed E-state index contributed by atoms with van der Waals surface area (Å²) in [7, 11) is 1.56. The van der Waals surface area contributed by atoms with E-state index in [4.69, 9.17) is 10.00 Å². The third-order valence-corrected chi connectivity index (χ3v) is 2.03. The second kappa shape index (κ2) is 3.84. The van der Waals surface area contributed by atoms with Gasteiger partial charge in [0, 0.05) is 12.3 Å². The van der Waals surface area contributed by atoms with E-state index >= 15 is 0 Å². The number of methoxy groups -OCH3 is 1. The van der Waals surface area contributed by atoms with Gasteiger partial charge in [0.1, 0.15) is 17.6 Å². The molecular weight excluding hydrogens is 190 g/mol. The molecule has 0 atom stereocenters. The van der Waals surface area contributed by atoms with E-state index in [1.54, 1.807) is 36.1 Å². The predicted octanol–water partition coefficient (Wildman–Crippen LogP) is 1.75.